The third-order valence-electron chi connectivity index (χ3n) is 4.52. The van der Waals surface area contributed by atoms with E-state index in [2.05, 4.69) is 5.32 Å². The van der Waals surface area contributed by atoms with E-state index in [1.54, 1.807) is 39.5 Å². The summed E-state index contributed by atoms with van der Waals surface area (Å²) in [7, 11) is 4.69. The predicted molar refractivity (Wildman–Crippen MR) is 114 cm³/mol. The largest absolute Gasteiger partial charge is 0.493 e. The summed E-state index contributed by atoms with van der Waals surface area (Å²) >= 11 is 6.14. The lowest BCUT2D eigenvalue weighted by Crippen LogP contribution is -2.14. The van der Waals surface area contributed by atoms with E-state index in [1.165, 1.54) is 0 Å². The number of rotatable bonds is 8. The molecule has 0 aliphatic heterocycles. The number of methoxy groups -OCH3 is 3. The summed E-state index contributed by atoms with van der Waals surface area (Å²) in [6, 6.07) is 12.9. The Hall–Kier alpha value is -3.12. The predicted octanol–water partition coefficient (Wildman–Crippen LogP) is 4.73. The Bertz CT molecular complexity index is 987. The van der Waals surface area contributed by atoms with Crippen LogP contribution in [0.3, 0.4) is 0 Å². The molecule has 0 aliphatic carbocycles. The van der Waals surface area contributed by atoms with E-state index in [4.69, 9.17) is 25.8 Å². The summed E-state index contributed by atoms with van der Waals surface area (Å²) < 4.78 is 18.1. The van der Waals surface area contributed by atoms with Crippen LogP contribution in [0, 0.1) is 0 Å². The van der Waals surface area contributed by atoms with Gasteiger partial charge in [0.15, 0.2) is 11.5 Å². The molecule has 152 valence electrons. The van der Waals surface area contributed by atoms with Crippen LogP contribution >= 0.6 is 11.6 Å². The highest BCUT2D eigenvalue weighted by atomic mass is 35.5. The highest BCUT2D eigenvalue weighted by molar-refractivity contribution is 6.30. The number of hydrogen-bond donors (Lipinski definition) is 1. The lowest BCUT2D eigenvalue weighted by molar-refractivity contribution is -0.116. The number of carbonyl (C=O) groups is 1. The summed E-state index contributed by atoms with van der Waals surface area (Å²) in [5, 5.41) is 3.57. The second kappa shape index (κ2) is 9.39. The number of anilines is 1. The van der Waals surface area contributed by atoms with Crippen molar-refractivity contribution in [1.82, 2.24) is 4.57 Å². The first-order valence-corrected chi connectivity index (χ1v) is 9.45. The summed E-state index contributed by atoms with van der Waals surface area (Å²) in [6.07, 6.45) is 4.56. The Kier molecular flexibility index (Phi) is 6.67. The second-order valence-corrected chi connectivity index (χ2v) is 6.73. The maximum Gasteiger partial charge on any atom is 0.224 e. The number of nitrogens with one attached hydrogen (secondary N) is 1. The maximum absolute atomic E-state index is 12.6. The number of ether oxygens (including phenoxy) is 3. The van der Waals surface area contributed by atoms with E-state index in [-0.39, 0.29) is 12.3 Å². The maximum atomic E-state index is 12.6. The minimum Gasteiger partial charge on any atom is -0.493 e. The van der Waals surface area contributed by atoms with Crippen molar-refractivity contribution >= 4 is 23.2 Å². The first-order chi connectivity index (χ1) is 14.1. The summed E-state index contributed by atoms with van der Waals surface area (Å²) in [4.78, 5) is 12.6. The zero-order valence-electron chi connectivity index (χ0n) is 16.6. The third kappa shape index (κ3) is 4.66. The molecule has 0 bridgehead atoms. The van der Waals surface area contributed by atoms with Crippen LogP contribution in [0.4, 0.5) is 5.69 Å². The number of carbonyl (C=O) groups excluding carboxylic acids is 1. The zero-order valence-corrected chi connectivity index (χ0v) is 17.3. The van der Waals surface area contributed by atoms with Crippen molar-refractivity contribution in [1.29, 1.82) is 0 Å². The molecule has 29 heavy (non-hydrogen) atoms. The molecule has 7 heteroatoms. The van der Waals surface area contributed by atoms with Gasteiger partial charge in [-0.25, -0.2) is 0 Å². The molecule has 1 heterocycles. The van der Waals surface area contributed by atoms with Gasteiger partial charge in [-0.3, -0.25) is 4.79 Å². The highest BCUT2D eigenvalue weighted by Gasteiger charge is 2.17. The molecule has 3 aromatic rings. The topological polar surface area (TPSA) is 61.7 Å². The van der Waals surface area contributed by atoms with Gasteiger partial charge in [0.2, 0.25) is 11.7 Å². The number of amides is 1. The van der Waals surface area contributed by atoms with Crippen LogP contribution in [-0.2, 0) is 11.2 Å². The molecule has 0 atom stereocenters. The van der Waals surface area contributed by atoms with Crippen molar-refractivity contribution in [3.05, 3.63) is 65.4 Å². The Morgan fingerprint density at radius 2 is 1.72 bits per heavy atom. The number of halogens is 1. The molecule has 1 N–H and O–H groups in total. The summed E-state index contributed by atoms with van der Waals surface area (Å²) in [6.45, 7) is 0. The van der Waals surface area contributed by atoms with Gasteiger partial charge in [-0.1, -0.05) is 17.7 Å². The van der Waals surface area contributed by atoms with Gasteiger partial charge in [0, 0.05) is 23.8 Å². The van der Waals surface area contributed by atoms with Gasteiger partial charge in [-0.15, -0.1) is 0 Å². The number of aromatic nitrogens is 1. The Morgan fingerprint density at radius 1 is 1.00 bits per heavy atom. The lowest BCUT2D eigenvalue weighted by atomic mass is 10.1. The molecule has 0 spiro atoms. The number of aryl methyl sites for hydroxylation is 1. The monoisotopic (exact) mass is 414 g/mol. The molecule has 0 saturated carbocycles. The van der Waals surface area contributed by atoms with Crippen LogP contribution in [0.15, 0.2) is 54.9 Å². The first kappa shape index (κ1) is 20.6. The van der Waals surface area contributed by atoms with Crippen LogP contribution in [0.25, 0.3) is 5.69 Å². The fourth-order valence-corrected chi connectivity index (χ4v) is 3.31. The van der Waals surface area contributed by atoms with Crippen LogP contribution < -0.4 is 19.5 Å². The van der Waals surface area contributed by atoms with Gasteiger partial charge in [-0.05, 0) is 48.4 Å². The van der Waals surface area contributed by atoms with Crippen molar-refractivity contribution in [2.45, 2.75) is 12.8 Å². The normalized spacial score (nSPS) is 10.5. The SMILES string of the molecule is COc1ccc(CCC(=O)Nc2ccc(Cl)cc2-n2cccc2)c(OC)c1OC. The van der Waals surface area contributed by atoms with Crippen molar-refractivity contribution in [2.24, 2.45) is 0 Å². The fraction of sp³-hybridized carbons (Fsp3) is 0.227. The Balaban J connectivity index is 1.75. The number of benzene rings is 2. The quantitative estimate of drug-likeness (QED) is 0.579. The smallest absolute Gasteiger partial charge is 0.224 e. The van der Waals surface area contributed by atoms with Gasteiger partial charge in [0.1, 0.15) is 0 Å². The number of hydrogen-bond acceptors (Lipinski definition) is 4. The molecule has 0 unspecified atom stereocenters. The van der Waals surface area contributed by atoms with E-state index >= 15 is 0 Å². The van der Waals surface area contributed by atoms with Crippen molar-refractivity contribution in [3.8, 4) is 22.9 Å². The number of nitrogens with zero attached hydrogens (tertiary/aromatic N) is 1. The van der Waals surface area contributed by atoms with Crippen molar-refractivity contribution in [3.63, 3.8) is 0 Å². The van der Waals surface area contributed by atoms with Crippen LogP contribution in [-0.4, -0.2) is 31.8 Å². The van der Waals surface area contributed by atoms with Crippen LogP contribution in [0.5, 0.6) is 17.2 Å². The third-order valence-corrected chi connectivity index (χ3v) is 4.76. The molecule has 6 nitrogen and oxygen atoms in total. The van der Waals surface area contributed by atoms with Gasteiger partial charge in [0.05, 0.1) is 32.7 Å². The minimum absolute atomic E-state index is 0.113. The van der Waals surface area contributed by atoms with E-state index in [1.807, 2.05) is 41.2 Å². The van der Waals surface area contributed by atoms with Crippen molar-refractivity contribution in [2.75, 3.05) is 26.6 Å². The molecule has 1 aromatic heterocycles. The van der Waals surface area contributed by atoms with Gasteiger partial charge in [-0.2, -0.15) is 0 Å². The van der Waals surface area contributed by atoms with E-state index in [0.29, 0.717) is 34.4 Å². The second-order valence-electron chi connectivity index (χ2n) is 6.29. The van der Waals surface area contributed by atoms with E-state index in [0.717, 1.165) is 11.3 Å². The molecule has 0 saturated heterocycles. The van der Waals surface area contributed by atoms with Crippen LogP contribution in [0.2, 0.25) is 5.02 Å². The molecule has 0 fully saturated rings. The van der Waals surface area contributed by atoms with Gasteiger partial charge >= 0.3 is 0 Å². The molecule has 3 rings (SSSR count). The highest BCUT2D eigenvalue weighted by Crippen LogP contribution is 2.40. The van der Waals surface area contributed by atoms with E-state index in [9.17, 15) is 4.79 Å². The molecule has 0 aliphatic rings. The van der Waals surface area contributed by atoms with Gasteiger partial charge < -0.3 is 24.1 Å². The Morgan fingerprint density at radius 3 is 2.38 bits per heavy atom. The van der Waals surface area contributed by atoms with Gasteiger partial charge in [0.25, 0.3) is 0 Å². The standard InChI is InChI=1S/C22H23ClN2O4/c1-27-19-10-6-15(21(28-2)22(19)29-3)7-11-20(26)24-17-9-8-16(23)14-18(17)25-12-4-5-13-25/h4-6,8-10,12-14H,7,11H2,1-3H3,(H,24,26). The average molecular weight is 415 g/mol. The summed E-state index contributed by atoms with van der Waals surface area (Å²) in [5.41, 5.74) is 2.36. The Labute approximate surface area is 175 Å². The fourth-order valence-electron chi connectivity index (χ4n) is 3.14. The average Bonchev–Trinajstić information content (AvgIpc) is 3.27. The summed E-state index contributed by atoms with van der Waals surface area (Å²) in [5.74, 6) is 1.55. The minimum atomic E-state index is -0.113. The zero-order chi connectivity index (χ0) is 20.8. The van der Waals surface area contributed by atoms with E-state index < -0.39 is 0 Å². The van der Waals surface area contributed by atoms with Crippen molar-refractivity contribution < 1.29 is 19.0 Å². The molecule has 1 amide bonds. The molecule has 0 radical (unpaired) electrons. The first-order valence-electron chi connectivity index (χ1n) is 9.08. The molecule has 2 aromatic carbocycles. The van der Waals surface area contributed by atoms with Crippen LogP contribution in [0.1, 0.15) is 12.0 Å². The molecular weight excluding hydrogens is 392 g/mol. The lowest BCUT2D eigenvalue weighted by Gasteiger charge is -2.16. The molecular formula is C22H23ClN2O4.